The van der Waals surface area contributed by atoms with Crippen molar-refractivity contribution in [1.29, 1.82) is 0 Å². The summed E-state index contributed by atoms with van der Waals surface area (Å²) in [7, 11) is 0. The van der Waals surface area contributed by atoms with Gasteiger partial charge in [-0.2, -0.15) is 0 Å². The number of aromatic nitrogens is 2. The molecule has 1 aromatic heterocycles. The number of imidazole rings is 1. The van der Waals surface area contributed by atoms with Crippen LogP contribution in [0.3, 0.4) is 0 Å². The van der Waals surface area contributed by atoms with Gasteiger partial charge in [-0.3, -0.25) is 9.69 Å². The standard InChI is InChI=1S/C21H33N5O2/c1-3-25-8-5-15(6-9-25)26-11-17-16(18-4-7-21(17,12-26)28-18)10-22-20(27)19-14(2)23-13-24-19/h13,15-18H,3-12H2,1-2H3,(H,22,27)(H,23,24)/t16-,17+,18+,21+/m0/s1. The zero-order valence-electron chi connectivity index (χ0n) is 17.1. The summed E-state index contributed by atoms with van der Waals surface area (Å²) in [5.74, 6) is 0.908. The van der Waals surface area contributed by atoms with E-state index in [1.54, 1.807) is 6.33 Å². The number of amides is 1. The molecule has 1 spiro atoms. The Kier molecular flexibility index (Phi) is 4.72. The molecule has 4 saturated heterocycles. The van der Waals surface area contributed by atoms with Crippen molar-refractivity contribution >= 4 is 5.91 Å². The van der Waals surface area contributed by atoms with Crippen LogP contribution in [0.25, 0.3) is 0 Å². The number of likely N-dealkylation sites (tertiary alicyclic amines) is 2. The molecule has 1 aromatic rings. The van der Waals surface area contributed by atoms with Crippen molar-refractivity contribution in [2.45, 2.75) is 57.3 Å². The molecular weight excluding hydrogens is 354 g/mol. The Morgan fingerprint density at radius 3 is 2.93 bits per heavy atom. The molecule has 5 rings (SSSR count). The maximum atomic E-state index is 12.5. The summed E-state index contributed by atoms with van der Waals surface area (Å²) in [6, 6.07) is 0.701. The highest BCUT2D eigenvalue weighted by Crippen LogP contribution is 2.55. The number of H-pyrrole nitrogens is 1. The monoisotopic (exact) mass is 387 g/mol. The van der Waals surface area contributed by atoms with Gasteiger partial charge in [0.05, 0.1) is 18.0 Å². The van der Waals surface area contributed by atoms with Crippen molar-refractivity contribution in [2.75, 3.05) is 39.3 Å². The molecule has 0 unspecified atom stereocenters. The number of carbonyl (C=O) groups is 1. The second-order valence-electron chi connectivity index (χ2n) is 9.21. The lowest BCUT2D eigenvalue weighted by molar-refractivity contribution is -0.00455. The van der Waals surface area contributed by atoms with Crippen LogP contribution in [0.1, 0.15) is 48.8 Å². The minimum atomic E-state index is -0.0719. The molecule has 4 aliphatic heterocycles. The number of fused-ring (bicyclic) bond motifs is 1. The first-order chi connectivity index (χ1) is 13.6. The average molecular weight is 388 g/mol. The molecule has 4 atom stereocenters. The highest BCUT2D eigenvalue weighted by atomic mass is 16.5. The van der Waals surface area contributed by atoms with E-state index in [4.69, 9.17) is 4.74 Å². The molecule has 2 N–H and O–H groups in total. The number of hydrogen-bond acceptors (Lipinski definition) is 5. The van der Waals surface area contributed by atoms with Crippen molar-refractivity contribution in [3.05, 3.63) is 17.7 Å². The molecule has 4 fully saturated rings. The Bertz CT molecular complexity index is 728. The van der Waals surface area contributed by atoms with E-state index in [0.29, 0.717) is 36.2 Å². The molecular formula is C21H33N5O2. The Labute approximate surface area is 167 Å². The lowest BCUT2D eigenvalue weighted by atomic mass is 9.73. The summed E-state index contributed by atoms with van der Waals surface area (Å²) in [6.45, 7) is 10.7. The second-order valence-corrected chi connectivity index (χ2v) is 9.21. The van der Waals surface area contributed by atoms with Gasteiger partial charge in [0.25, 0.3) is 5.91 Å². The van der Waals surface area contributed by atoms with E-state index >= 15 is 0 Å². The van der Waals surface area contributed by atoms with Crippen LogP contribution in [0.4, 0.5) is 0 Å². The summed E-state index contributed by atoms with van der Waals surface area (Å²) in [4.78, 5) is 24.9. The van der Waals surface area contributed by atoms with Crippen LogP contribution >= 0.6 is 0 Å². The van der Waals surface area contributed by atoms with Gasteiger partial charge in [-0.25, -0.2) is 4.98 Å². The fourth-order valence-corrected chi connectivity index (χ4v) is 6.26. The number of aryl methyl sites for hydroxylation is 1. The molecule has 0 saturated carbocycles. The Morgan fingerprint density at radius 1 is 1.39 bits per heavy atom. The van der Waals surface area contributed by atoms with E-state index in [2.05, 4.69) is 32.0 Å². The number of aromatic amines is 1. The first-order valence-corrected chi connectivity index (χ1v) is 11.0. The van der Waals surface area contributed by atoms with Gasteiger partial charge in [0, 0.05) is 43.2 Å². The van der Waals surface area contributed by atoms with Crippen molar-refractivity contribution in [3.8, 4) is 0 Å². The molecule has 0 aromatic carbocycles. The number of piperidine rings is 1. The van der Waals surface area contributed by atoms with E-state index in [9.17, 15) is 4.79 Å². The van der Waals surface area contributed by atoms with E-state index in [1.807, 2.05) is 6.92 Å². The lowest BCUT2D eigenvalue weighted by Gasteiger charge is -2.37. The molecule has 154 valence electrons. The summed E-state index contributed by atoms with van der Waals surface area (Å²) in [6.07, 6.45) is 6.78. The van der Waals surface area contributed by atoms with Crippen LogP contribution in [0, 0.1) is 18.8 Å². The largest absolute Gasteiger partial charge is 0.370 e. The van der Waals surface area contributed by atoms with Crippen LogP contribution in [-0.2, 0) is 4.74 Å². The Morgan fingerprint density at radius 2 is 2.21 bits per heavy atom. The molecule has 1 amide bonds. The molecule has 7 heteroatoms. The van der Waals surface area contributed by atoms with E-state index in [1.165, 1.54) is 38.9 Å². The fourth-order valence-electron chi connectivity index (χ4n) is 6.26. The van der Waals surface area contributed by atoms with E-state index in [-0.39, 0.29) is 11.5 Å². The zero-order valence-corrected chi connectivity index (χ0v) is 17.1. The smallest absolute Gasteiger partial charge is 0.271 e. The van der Waals surface area contributed by atoms with Gasteiger partial charge in [0.15, 0.2) is 0 Å². The van der Waals surface area contributed by atoms with Gasteiger partial charge in [0.1, 0.15) is 5.69 Å². The Balaban J connectivity index is 1.22. The van der Waals surface area contributed by atoms with Gasteiger partial charge < -0.3 is 19.9 Å². The maximum absolute atomic E-state index is 12.5. The fraction of sp³-hybridized carbons (Fsp3) is 0.810. The summed E-state index contributed by atoms with van der Waals surface area (Å²) < 4.78 is 6.58. The minimum absolute atomic E-state index is 0.0458. The topological polar surface area (TPSA) is 73.5 Å². The zero-order chi connectivity index (χ0) is 19.3. The number of rotatable bonds is 5. The average Bonchev–Trinajstić information content (AvgIpc) is 3.46. The van der Waals surface area contributed by atoms with Gasteiger partial charge in [-0.1, -0.05) is 6.92 Å². The molecule has 0 radical (unpaired) electrons. The van der Waals surface area contributed by atoms with Crippen molar-refractivity contribution in [3.63, 3.8) is 0 Å². The molecule has 5 heterocycles. The van der Waals surface area contributed by atoms with Crippen LogP contribution in [0.5, 0.6) is 0 Å². The highest BCUT2D eigenvalue weighted by Gasteiger charge is 2.63. The van der Waals surface area contributed by atoms with E-state index in [0.717, 1.165) is 25.2 Å². The predicted octanol–water partition coefficient (Wildman–Crippen LogP) is 1.41. The van der Waals surface area contributed by atoms with Gasteiger partial charge in [-0.05, 0) is 52.2 Å². The minimum Gasteiger partial charge on any atom is -0.370 e. The van der Waals surface area contributed by atoms with Crippen LogP contribution in [0.15, 0.2) is 6.33 Å². The summed E-state index contributed by atoms with van der Waals surface area (Å²) in [5.41, 5.74) is 1.38. The van der Waals surface area contributed by atoms with Gasteiger partial charge in [0.2, 0.25) is 0 Å². The van der Waals surface area contributed by atoms with Crippen LogP contribution in [-0.4, -0.2) is 82.7 Å². The second kappa shape index (κ2) is 7.11. The summed E-state index contributed by atoms with van der Waals surface area (Å²) >= 11 is 0. The predicted molar refractivity (Wildman–Crippen MR) is 106 cm³/mol. The summed E-state index contributed by atoms with van der Waals surface area (Å²) in [5, 5.41) is 3.14. The molecule has 0 aliphatic carbocycles. The third-order valence-electron chi connectivity index (χ3n) is 7.87. The SMILES string of the molecule is CCN1CCC(N2C[C@@H]3[C@H](CNC(=O)c4nc[nH]c4C)[C@H]4CC[C@]3(C2)O4)CC1. The van der Waals surface area contributed by atoms with Crippen molar-refractivity contribution < 1.29 is 9.53 Å². The normalized spacial score (nSPS) is 36.1. The number of hydrogen-bond donors (Lipinski definition) is 2. The molecule has 7 nitrogen and oxygen atoms in total. The van der Waals surface area contributed by atoms with Gasteiger partial charge in [-0.15, -0.1) is 0 Å². The van der Waals surface area contributed by atoms with E-state index < -0.39 is 0 Å². The maximum Gasteiger partial charge on any atom is 0.271 e. The number of ether oxygens (including phenoxy) is 1. The number of carbonyl (C=O) groups excluding carboxylic acids is 1. The Hall–Kier alpha value is -1.44. The van der Waals surface area contributed by atoms with Crippen molar-refractivity contribution in [1.82, 2.24) is 25.1 Å². The molecule has 28 heavy (non-hydrogen) atoms. The van der Waals surface area contributed by atoms with Crippen LogP contribution < -0.4 is 5.32 Å². The third-order valence-corrected chi connectivity index (χ3v) is 7.87. The third kappa shape index (κ3) is 2.99. The van der Waals surface area contributed by atoms with Crippen LogP contribution in [0.2, 0.25) is 0 Å². The lowest BCUT2D eigenvalue weighted by Crippen LogP contribution is -2.45. The first-order valence-electron chi connectivity index (χ1n) is 11.0. The number of nitrogens with zero attached hydrogens (tertiary/aromatic N) is 3. The van der Waals surface area contributed by atoms with Crippen molar-refractivity contribution in [2.24, 2.45) is 11.8 Å². The number of nitrogens with one attached hydrogen (secondary N) is 2. The molecule has 2 bridgehead atoms. The van der Waals surface area contributed by atoms with Gasteiger partial charge >= 0.3 is 0 Å². The first kappa shape index (κ1) is 18.6. The molecule has 4 aliphatic rings. The highest BCUT2D eigenvalue weighted by molar-refractivity contribution is 5.93. The quantitative estimate of drug-likeness (QED) is 0.799.